The minimum Gasteiger partial charge on any atom is -0.504 e. The van der Waals surface area contributed by atoms with Crippen molar-refractivity contribution in [1.29, 1.82) is 0 Å². The lowest BCUT2D eigenvalue weighted by Crippen LogP contribution is -1.94. The number of ether oxygens (including phenoxy) is 3. The van der Waals surface area contributed by atoms with E-state index in [2.05, 4.69) is 9.97 Å². The van der Waals surface area contributed by atoms with Gasteiger partial charge in [0.15, 0.2) is 0 Å². The van der Waals surface area contributed by atoms with Gasteiger partial charge < -0.3 is 14.2 Å². The number of nitrogens with zero attached hydrogens (tertiary/aromatic N) is 2. The molecule has 0 saturated carbocycles. The van der Waals surface area contributed by atoms with E-state index in [-0.39, 0.29) is 0 Å². The van der Waals surface area contributed by atoms with Crippen LogP contribution in [0.2, 0.25) is 0 Å². The molecule has 0 spiro atoms. The second-order valence-corrected chi connectivity index (χ2v) is 5.24. The van der Waals surface area contributed by atoms with E-state index in [0.717, 1.165) is 16.9 Å². The van der Waals surface area contributed by atoms with E-state index < -0.39 is 0 Å². The minimum absolute atomic E-state index is 0.400. The molecular weight excluding hydrogens is 316 g/mol. The van der Waals surface area contributed by atoms with Crippen LogP contribution in [0.15, 0.2) is 67.2 Å². The lowest BCUT2D eigenvalue weighted by atomic mass is 10.2. The quantitative estimate of drug-likeness (QED) is 0.595. The molecule has 0 aliphatic carbocycles. The zero-order chi connectivity index (χ0) is 17.5. The molecule has 0 aliphatic heterocycles. The molecule has 5 heteroatoms. The Hall–Kier alpha value is -3.34. The van der Waals surface area contributed by atoms with Gasteiger partial charge in [-0.2, -0.15) is 0 Å². The summed E-state index contributed by atoms with van der Waals surface area (Å²) in [5.74, 6) is 2.23. The van der Waals surface area contributed by atoms with Gasteiger partial charge in [-0.25, -0.2) is 9.97 Å². The number of para-hydroxylation sites is 2. The topological polar surface area (TPSA) is 53.5 Å². The monoisotopic (exact) mass is 334 g/mol. The van der Waals surface area contributed by atoms with Gasteiger partial charge in [0.1, 0.15) is 17.8 Å². The van der Waals surface area contributed by atoms with Crippen LogP contribution in [0.1, 0.15) is 11.1 Å². The Morgan fingerprint density at radius 1 is 0.840 bits per heavy atom. The number of aromatic nitrogens is 2. The molecular formula is C20H18N2O3. The van der Waals surface area contributed by atoms with Gasteiger partial charge in [0, 0.05) is 5.56 Å². The number of rotatable bonds is 6. The first-order chi connectivity index (χ1) is 12.3. The fourth-order valence-electron chi connectivity index (χ4n) is 2.18. The van der Waals surface area contributed by atoms with E-state index in [1.807, 2.05) is 61.5 Å². The van der Waals surface area contributed by atoms with E-state index in [9.17, 15) is 0 Å². The molecule has 3 aromatic rings. The van der Waals surface area contributed by atoms with E-state index in [4.69, 9.17) is 14.2 Å². The van der Waals surface area contributed by atoms with Crippen molar-refractivity contribution in [1.82, 2.24) is 9.97 Å². The van der Waals surface area contributed by atoms with E-state index in [1.165, 1.54) is 6.33 Å². The Bertz CT molecular complexity index is 878. The Balaban J connectivity index is 1.81. The zero-order valence-electron chi connectivity index (χ0n) is 14.0. The maximum Gasteiger partial charge on any atom is 0.226 e. The predicted molar refractivity (Wildman–Crippen MR) is 95.8 cm³/mol. The molecule has 0 fully saturated rings. The molecule has 0 aliphatic rings. The highest BCUT2D eigenvalue weighted by Gasteiger charge is 2.07. The van der Waals surface area contributed by atoms with E-state index in [1.54, 1.807) is 19.4 Å². The zero-order valence-corrected chi connectivity index (χ0v) is 14.0. The van der Waals surface area contributed by atoms with Crippen LogP contribution in [0.3, 0.4) is 0 Å². The van der Waals surface area contributed by atoms with Crippen molar-refractivity contribution in [2.75, 3.05) is 7.11 Å². The van der Waals surface area contributed by atoms with Crippen molar-refractivity contribution < 1.29 is 14.2 Å². The molecule has 1 aromatic heterocycles. The summed E-state index contributed by atoms with van der Waals surface area (Å²) < 4.78 is 16.7. The van der Waals surface area contributed by atoms with E-state index in [0.29, 0.717) is 17.5 Å². The highest BCUT2D eigenvalue weighted by Crippen LogP contribution is 2.28. The molecule has 0 amide bonds. The summed E-state index contributed by atoms with van der Waals surface area (Å²) in [6.07, 6.45) is 4.83. The molecule has 0 N–H and O–H groups in total. The van der Waals surface area contributed by atoms with Crippen molar-refractivity contribution in [2.24, 2.45) is 0 Å². The van der Waals surface area contributed by atoms with Crippen LogP contribution in [0.25, 0.3) is 6.08 Å². The number of benzene rings is 2. The average molecular weight is 334 g/mol. The summed E-state index contributed by atoms with van der Waals surface area (Å²) in [4.78, 5) is 8.29. The van der Waals surface area contributed by atoms with Gasteiger partial charge in [0.25, 0.3) is 0 Å². The van der Waals surface area contributed by atoms with Gasteiger partial charge in [0.05, 0.1) is 19.4 Å². The molecule has 5 nitrogen and oxygen atoms in total. The molecule has 0 radical (unpaired) electrons. The van der Waals surface area contributed by atoms with Crippen molar-refractivity contribution in [2.45, 2.75) is 6.92 Å². The van der Waals surface area contributed by atoms with Gasteiger partial charge in [-0.1, -0.05) is 36.4 Å². The summed E-state index contributed by atoms with van der Waals surface area (Å²) in [7, 11) is 1.60. The van der Waals surface area contributed by atoms with Crippen molar-refractivity contribution in [3.8, 4) is 23.3 Å². The predicted octanol–water partition coefficient (Wildman–Crippen LogP) is 4.99. The normalized spacial score (nSPS) is 10.6. The Morgan fingerprint density at radius 2 is 1.48 bits per heavy atom. The van der Waals surface area contributed by atoms with E-state index >= 15 is 0 Å². The van der Waals surface area contributed by atoms with Crippen molar-refractivity contribution >= 4 is 6.08 Å². The van der Waals surface area contributed by atoms with Gasteiger partial charge in [-0.05, 0) is 30.7 Å². The molecule has 2 aromatic carbocycles. The van der Waals surface area contributed by atoms with Crippen LogP contribution in [-0.2, 0) is 4.74 Å². The molecule has 0 bridgehead atoms. The smallest absolute Gasteiger partial charge is 0.226 e. The number of aryl methyl sites for hydroxylation is 1. The minimum atomic E-state index is 0.400. The number of hydrogen-bond acceptors (Lipinski definition) is 5. The van der Waals surface area contributed by atoms with Crippen LogP contribution in [0.4, 0.5) is 0 Å². The Kier molecular flexibility index (Phi) is 5.26. The van der Waals surface area contributed by atoms with Gasteiger partial charge in [0.2, 0.25) is 11.8 Å². The van der Waals surface area contributed by atoms with Crippen LogP contribution in [-0.4, -0.2) is 17.1 Å². The maximum atomic E-state index is 5.88. The second-order valence-electron chi connectivity index (χ2n) is 5.24. The third kappa shape index (κ3) is 4.35. The molecule has 0 atom stereocenters. The number of methoxy groups -OCH3 is 1. The first-order valence-corrected chi connectivity index (χ1v) is 7.78. The SMILES string of the molecule is CO/C=C\c1ccccc1Oc1cc(Oc2ccccc2C)ncn1. The van der Waals surface area contributed by atoms with Gasteiger partial charge >= 0.3 is 0 Å². The van der Waals surface area contributed by atoms with Crippen molar-refractivity contribution in [3.05, 3.63) is 78.3 Å². The molecule has 1 heterocycles. The van der Waals surface area contributed by atoms with Crippen LogP contribution in [0.5, 0.6) is 23.3 Å². The highest BCUT2D eigenvalue weighted by molar-refractivity contribution is 5.57. The van der Waals surface area contributed by atoms with Crippen LogP contribution < -0.4 is 9.47 Å². The molecule has 3 rings (SSSR count). The molecule has 25 heavy (non-hydrogen) atoms. The Labute approximate surface area is 146 Å². The third-order valence-corrected chi connectivity index (χ3v) is 3.44. The molecule has 126 valence electrons. The first-order valence-electron chi connectivity index (χ1n) is 7.78. The summed E-state index contributed by atoms with van der Waals surface area (Å²) in [6.45, 7) is 1.98. The fraction of sp³-hybridized carbons (Fsp3) is 0.100. The summed E-state index contributed by atoms with van der Waals surface area (Å²) in [5, 5.41) is 0. The second kappa shape index (κ2) is 7.97. The standard InChI is InChI=1S/C20H18N2O3/c1-15-7-3-5-9-17(15)24-19-13-20(22-14-21-19)25-18-10-6-4-8-16(18)11-12-23-2/h3-14H,1-2H3/b12-11-. The highest BCUT2D eigenvalue weighted by atomic mass is 16.5. The lowest BCUT2D eigenvalue weighted by molar-refractivity contribution is 0.341. The van der Waals surface area contributed by atoms with Crippen molar-refractivity contribution in [3.63, 3.8) is 0 Å². The average Bonchev–Trinajstić information content (AvgIpc) is 2.63. The summed E-state index contributed by atoms with van der Waals surface area (Å²) in [5.41, 5.74) is 1.91. The van der Waals surface area contributed by atoms with Gasteiger partial charge in [-0.3, -0.25) is 0 Å². The maximum absolute atomic E-state index is 5.88. The Morgan fingerprint density at radius 3 is 2.20 bits per heavy atom. The van der Waals surface area contributed by atoms with Crippen LogP contribution >= 0.6 is 0 Å². The number of hydrogen-bond donors (Lipinski definition) is 0. The largest absolute Gasteiger partial charge is 0.504 e. The summed E-state index contributed by atoms with van der Waals surface area (Å²) >= 11 is 0. The first kappa shape index (κ1) is 16.5. The van der Waals surface area contributed by atoms with Gasteiger partial charge in [-0.15, -0.1) is 0 Å². The third-order valence-electron chi connectivity index (χ3n) is 3.44. The fourth-order valence-corrected chi connectivity index (χ4v) is 2.18. The van der Waals surface area contributed by atoms with Crippen LogP contribution in [0, 0.1) is 6.92 Å². The molecule has 0 saturated heterocycles. The summed E-state index contributed by atoms with van der Waals surface area (Å²) in [6, 6.07) is 17.0. The lowest BCUT2D eigenvalue weighted by Gasteiger charge is -2.10. The molecule has 0 unspecified atom stereocenters.